The fourth-order valence-corrected chi connectivity index (χ4v) is 1.88. The van der Waals surface area contributed by atoms with Crippen molar-refractivity contribution in [3.05, 3.63) is 11.9 Å². The van der Waals surface area contributed by atoms with Crippen LogP contribution in [0.3, 0.4) is 0 Å². The first-order valence-electron chi connectivity index (χ1n) is 6.81. The number of hydrogen-bond acceptors (Lipinski definition) is 4. The van der Waals surface area contributed by atoms with E-state index in [9.17, 15) is 13.2 Å². The molecule has 1 saturated carbocycles. The van der Waals surface area contributed by atoms with Crippen molar-refractivity contribution in [3.63, 3.8) is 0 Å². The highest BCUT2D eigenvalue weighted by Crippen LogP contribution is 2.32. The normalized spacial score (nSPS) is 15.2. The van der Waals surface area contributed by atoms with Gasteiger partial charge in [0.2, 0.25) is 5.82 Å². The monoisotopic (exact) mass is 288 g/mol. The smallest absolute Gasteiger partial charge is 0.370 e. The van der Waals surface area contributed by atoms with Crippen LogP contribution in [0.2, 0.25) is 0 Å². The predicted octanol–water partition coefficient (Wildman–Crippen LogP) is 3.16. The zero-order chi connectivity index (χ0) is 14.8. The molecule has 1 N–H and O–H groups in total. The number of anilines is 2. The Kier molecular flexibility index (Phi) is 4.35. The van der Waals surface area contributed by atoms with Gasteiger partial charge in [-0.1, -0.05) is 6.92 Å². The van der Waals surface area contributed by atoms with E-state index in [0.717, 1.165) is 25.8 Å². The second-order valence-corrected chi connectivity index (χ2v) is 5.18. The van der Waals surface area contributed by atoms with E-state index in [0.29, 0.717) is 18.3 Å². The molecule has 112 valence electrons. The van der Waals surface area contributed by atoms with Crippen molar-refractivity contribution < 1.29 is 13.2 Å². The van der Waals surface area contributed by atoms with Crippen molar-refractivity contribution in [3.8, 4) is 0 Å². The Balaban J connectivity index is 2.23. The highest BCUT2D eigenvalue weighted by atomic mass is 19.4. The molecule has 1 aromatic heterocycles. The van der Waals surface area contributed by atoms with Crippen LogP contribution >= 0.6 is 0 Å². The highest BCUT2D eigenvalue weighted by molar-refractivity contribution is 5.49. The van der Waals surface area contributed by atoms with Gasteiger partial charge in [-0.05, 0) is 25.2 Å². The minimum Gasteiger partial charge on any atom is -0.370 e. The van der Waals surface area contributed by atoms with Gasteiger partial charge in [-0.15, -0.1) is 0 Å². The molecule has 2 rings (SSSR count). The highest BCUT2D eigenvalue weighted by Gasteiger charge is 2.36. The maximum atomic E-state index is 12.8. The van der Waals surface area contributed by atoms with E-state index in [1.165, 1.54) is 0 Å². The first kappa shape index (κ1) is 14.9. The summed E-state index contributed by atoms with van der Waals surface area (Å²) in [6.07, 6.45) is -1.43. The third-order valence-electron chi connectivity index (χ3n) is 3.14. The molecular formula is C13H19F3N4. The quantitative estimate of drug-likeness (QED) is 0.873. The summed E-state index contributed by atoms with van der Waals surface area (Å²) in [5, 5.41) is 2.89. The Hall–Kier alpha value is -1.53. The molecule has 1 fully saturated rings. The molecule has 1 aliphatic rings. The maximum absolute atomic E-state index is 12.8. The minimum absolute atomic E-state index is 0.229. The molecule has 0 aliphatic heterocycles. The van der Waals surface area contributed by atoms with E-state index in [1.54, 1.807) is 18.0 Å². The van der Waals surface area contributed by atoms with Crippen molar-refractivity contribution in [2.45, 2.75) is 32.4 Å². The number of hydrogen-bond donors (Lipinski definition) is 1. The van der Waals surface area contributed by atoms with Crippen LogP contribution in [-0.2, 0) is 6.18 Å². The van der Waals surface area contributed by atoms with Gasteiger partial charge in [0, 0.05) is 26.2 Å². The summed E-state index contributed by atoms with van der Waals surface area (Å²) < 4.78 is 38.5. The van der Waals surface area contributed by atoms with Crippen LogP contribution in [0.5, 0.6) is 0 Å². The summed E-state index contributed by atoms with van der Waals surface area (Å²) in [4.78, 5) is 8.96. The molecular weight excluding hydrogens is 269 g/mol. The van der Waals surface area contributed by atoms with E-state index in [4.69, 9.17) is 0 Å². The number of rotatable bonds is 6. The lowest BCUT2D eigenvalue weighted by Gasteiger charge is -2.20. The van der Waals surface area contributed by atoms with Crippen LogP contribution in [-0.4, -0.2) is 30.1 Å². The van der Waals surface area contributed by atoms with Crippen LogP contribution < -0.4 is 10.2 Å². The second-order valence-electron chi connectivity index (χ2n) is 5.18. The van der Waals surface area contributed by atoms with Crippen molar-refractivity contribution in [2.24, 2.45) is 5.92 Å². The van der Waals surface area contributed by atoms with Gasteiger partial charge in [0.05, 0.1) is 0 Å². The SMILES string of the molecule is CCCNc1cc(N(C)CC2CC2)nc(C(F)(F)F)n1. The number of halogens is 3. The molecule has 1 aliphatic carbocycles. The van der Waals surface area contributed by atoms with Gasteiger partial charge in [0.1, 0.15) is 11.6 Å². The third kappa shape index (κ3) is 3.98. The largest absolute Gasteiger partial charge is 0.451 e. The van der Waals surface area contributed by atoms with Crippen molar-refractivity contribution in [1.82, 2.24) is 9.97 Å². The summed E-state index contributed by atoms with van der Waals surface area (Å²) in [5.74, 6) is 0.0391. The Morgan fingerprint density at radius 2 is 2.05 bits per heavy atom. The van der Waals surface area contributed by atoms with E-state index >= 15 is 0 Å². The fraction of sp³-hybridized carbons (Fsp3) is 0.692. The van der Waals surface area contributed by atoms with E-state index in [1.807, 2.05) is 6.92 Å². The van der Waals surface area contributed by atoms with Gasteiger partial charge < -0.3 is 10.2 Å². The van der Waals surface area contributed by atoms with Crippen LogP contribution in [0.25, 0.3) is 0 Å². The molecule has 0 bridgehead atoms. The molecule has 0 amide bonds. The standard InChI is InChI=1S/C13H19F3N4/c1-3-6-17-10-7-11(20(2)8-9-4-5-9)19-12(18-10)13(14,15)16/h7,9H,3-6,8H2,1-2H3,(H,17,18,19). The number of alkyl halides is 3. The second kappa shape index (κ2) is 5.85. The summed E-state index contributed by atoms with van der Waals surface area (Å²) in [5.41, 5.74) is 0. The molecule has 0 aromatic carbocycles. The lowest BCUT2D eigenvalue weighted by atomic mass is 10.3. The summed E-state index contributed by atoms with van der Waals surface area (Å²) in [6, 6.07) is 1.58. The molecule has 7 heteroatoms. The molecule has 0 radical (unpaired) electrons. The van der Waals surface area contributed by atoms with E-state index < -0.39 is 12.0 Å². The van der Waals surface area contributed by atoms with Crippen molar-refractivity contribution in [1.29, 1.82) is 0 Å². The first-order chi connectivity index (χ1) is 9.40. The van der Waals surface area contributed by atoms with E-state index in [2.05, 4.69) is 15.3 Å². The molecule has 0 unspecified atom stereocenters. The Morgan fingerprint density at radius 1 is 1.35 bits per heavy atom. The fourth-order valence-electron chi connectivity index (χ4n) is 1.88. The molecule has 4 nitrogen and oxygen atoms in total. The molecule has 1 aromatic rings. The number of aromatic nitrogens is 2. The third-order valence-corrected chi connectivity index (χ3v) is 3.14. The van der Waals surface area contributed by atoms with Crippen molar-refractivity contribution in [2.75, 3.05) is 30.4 Å². The average molecular weight is 288 g/mol. The molecule has 0 saturated heterocycles. The van der Waals surface area contributed by atoms with Gasteiger partial charge in [0.25, 0.3) is 0 Å². The minimum atomic E-state index is -4.53. The first-order valence-corrected chi connectivity index (χ1v) is 6.81. The van der Waals surface area contributed by atoms with E-state index in [-0.39, 0.29) is 5.82 Å². The van der Waals surface area contributed by atoms with Crippen molar-refractivity contribution >= 4 is 11.6 Å². The maximum Gasteiger partial charge on any atom is 0.451 e. The zero-order valence-electron chi connectivity index (χ0n) is 11.7. The van der Waals surface area contributed by atoms with Gasteiger partial charge >= 0.3 is 6.18 Å². The van der Waals surface area contributed by atoms with Gasteiger partial charge in [-0.25, -0.2) is 9.97 Å². The average Bonchev–Trinajstić information content (AvgIpc) is 3.18. The van der Waals surface area contributed by atoms with Crippen LogP contribution in [0.15, 0.2) is 6.07 Å². The Labute approximate surface area is 116 Å². The van der Waals surface area contributed by atoms with Crippen LogP contribution in [0.1, 0.15) is 32.0 Å². The Morgan fingerprint density at radius 3 is 2.60 bits per heavy atom. The van der Waals surface area contributed by atoms with Crippen LogP contribution in [0, 0.1) is 5.92 Å². The Bertz CT molecular complexity index is 457. The molecule has 20 heavy (non-hydrogen) atoms. The predicted molar refractivity (Wildman–Crippen MR) is 71.8 cm³/mol. The summed E-state index contributed by atoms with van der Waals surface area (Å²) in [7, 11) is 1.77. The van der Waals surface area contributed by atoms with Crippen LogP contribution in [0.4, 0.5) is 24.8 Å². The lowest BCUT2D eigenvalue weighted by Crippen LogP contribution is -2.24. The zero-order valence-corrected chi connectivity index (χ0v) is 11.7. The molecule has 1 heterocycles. The molecule has 0 spiro atoms. The number of nitrogens with zero attached hydrogens (tertiary/aromatic N) is 3. The molecule has 0 atom stereocenters. The topological polar surface area (TPSA) is 41.0 Å². The van der Waals surface area contributed by atoms with Gasteiger partial charge in [-0.3, -0.25) is 0 Å². The van der Waals surface area contributed by atoms with Gasteiger partial charge in [-0.2, -0.15) is 13.2 Å². The summed E-state index contributed by atoms with van der Waals surface area (Å²) in [6.45, 7) is 3.26. The lowest BCUT2D eigenvalue weighted by molar-refractivity contribution is -0.144. The van der Waals surface area contributed by atoms with Gasteiger partial charge in [0.15, 0.2) is 0 Å². The summed E-state index contributed by atoms with van der Waals surface area (Å²) >= 11 is 0. The number of nitrogens with one attached hydrogen (secondary N) is 1.